The van der Waals surface area contributed by atoms with Crippen molar-refractivity contribution in [3.8, 4) is 0 Å². The lowest BCUT2D eigenvalue weighted by atomic mass is 10.0. The summed E-state index contributed by atoms with van der Waals surface area (Å²) in [7, 11) is 1.73. The molecule has 1 amide bonds. The summed E-state index contributed by atoms with van der Waals surface area (Å²) in [6, 6.07) is 14.2. The number of carbonyl (C=O) groups excluding carboxylic acids is 1. The molecule has 0 radical (unpaired) electrons. The molecule has 1 aliphatic rings. The minimum Gasteiger partial charge on any atom is -0.370 e. The average Bonchev–Trinajstić information content (AvgIpc) is 2.74. The van der Waals surface area contributed by atoms with Crippen molar-refractivity contribution in [2.75, 3.05) is 39.8 Å². The second-order valence-corrected chi connectivity index (χ2v) is 6.87. The number of aryl methyl sites for hydroxylation is 1. The van der Waals surface area contributed by atoms with Gasteiger partial charge in [-0.2, -0.15) is 0 Å². The van der Waals surface area contributed by atoms with Crippen LogP contribution in [0.5, 0.6) is 0 Å². The molecule has 1 heterocycles. The summed E-state index contributed by atoms with van der Waals surface area (Å²) >= 11 is 0. The lowest BCUT2D eigenvalue weighted by Gasteiger charge is -2.35. The number of hydrogen-bond acceptors (Lipinski definition) is 3. The van der Waals surface area contributed by atoms with Gasteiger partial charge in [-0.3, -0.25) is 9.79 Å². The van der Waals surface area contributed by atoms with Crippen LogP contribution in [0.15, 0.2) is 53.5 Å². The smallest absolute Gasteiger partial charge is 0.254 e. The number of morpholine rings is 1. The number of nitrogens with zero attached hydrogens (tertiary/aromatic N) is 2. The maximum Gasteiger partial charge on any atom is 0.254 e. The van der Waals surface area contributed by atoms with E-state index < -0.39 is 11.7 Å². The largest absolute Gasteiger partial charge is 0.370 e. The fourth-order valence-corrected chi connectivity index (χ4v) is 3.40. The van der Waals surface area contributed by atoms with Crippen LogP contribution >= 0.6 is 0 Å². The van der Waals surface area contributed by atoms with Crippen molar-refractivity contribution >= 4 is 11.9 Å². The lowest BCUT2D eigenvalue weighted by Crippen LogP contribution is -2.49. The first-order valence-corrected chi connectivity index (χ1v) is 9.75. The third kappa shape index (κ3) is 5.32. The monoisotopic (exact) mass is 398 g/mol. The van der Waals surface area contributed by atoms with E-state index in [1.54, 1.807) is 19.2 Å². The van der Waals surface area contributed by atoms with Crippen molar-refractivity contribution in [1.29, 1.82) is 0 Å². The van der Waals surface area contributed by atoms with Gasteiger partial charge >= 0.3 is 0 Å². The number of aliphatic imine (C=N–C) groups is 1. The van der Waals surface area contributed by atoms with E-state index in [1.165, 1.54) is 23.3 Å². The second-order valence-electron chi connectivity index (χ2n) is 6.87. The third-order valence-electron chi connectivity index (χ3n) is 4.93. The molecule has 2 aromatic carbocycles. The van der Waals surface area contributed by atoms with Crippen molar-refractivity contribution in [1.82, 2.24) is 15.5 Å². The topological polar surface area (TPSA) is 66.0 Å². The number of nitrogens with one attached hydrogen (secondary N) is 2. The summed E-state index contributed by atoms with van der Waals surface area (Å²) in [6.07, 6.45) is -0.00995. The fraction of sp³-hybridized carbons (Fsp3) is 0.364. The molecule has 6 nitrogen and oxygen atoms in total. The zero-order chi connectivity index (χ0) is 20.6. The molecule has 1 aliphatic heterocycles. The van der Waals surface area contributed by atoms with Crippen LogP contribution < -0.4 is 10.6 Å². The van der Waals surface area contributed by atoms with E-state index in [-0.39, 0.29) is 11.7 Å². The molecule has 2 aromatic rings. The molecule has 3 rings (SSSR count). The normalized spacial score (nSPS) is 17.1. The standard InChI is InChI=1S/C22H27FN4O2/c1-16-7-3-4-8-17(16)20-15-27(13-14-29-20)22(24-2)26-12-11-25-21(28)18-9-5-6-10-19(18)23/h3-10,20H,11-15H2,1-2H3,(H,24,26)(H,25,28). The molecule has 0 aromatic heterocycles. The van der Waals surface area contributed by atoms with Crippen LogP contribution in [0.25, 0.3) is 0 Å². The third-order valence-corrected chi connectivity index (χ3v) is 4.93. The van der Waals surface area contributed by atoms with Gasteiger partial charge in [0.25, 0.3) is 5.91 Å². The molecule has 0 bridgehead atoms. The number of benzene rings is 2. The van der Waals surface area contributed by atoms with Gasteiger partial charge in [0.1, 0.15) is 11.9 Å². The molecule has 1 saturated heterocycles. The SMILES string of the molecule is CN=C(NCCNC(=O)c1ccccc1F)N1CCOC(c2ccccc2C)C1. The summed E-state index contributed by atoms with van der Waals surface area (Å²) in [5, 5.41) is 5.98. The highest BCUT2D eigenvalue weighted by Crippen LogP contribution is 2.24. The summed E-state index contributed by atoms with van der Waals surface area (Å²) in [5.41, 5.74) is 2.44. The van der Waals surface area contributed by atoms with E-state index in [2.05, 4.69) is 39.6 Å². The zero-order valence-corrected chi connectivity index (χ0v) is 16.8. The van der Waals surface area contributed by atoms with Gasteiger partial charge in [0.15, 0.2) is 5.96 Å². The van der Waals surface area contributed by atoms with Gasteiger partial charge in [-0.15, -0.1) is 0 Å². The predicted octanol–water partition coefficient (Wildman–Crippen LogP) is 2.51. The Morgan fingerprint density at radius 1 is 1.17 bits per heavy atom. The minimum atomic E-state index is -0.524. The quantitative estimate of drug-likeness (QED) is 0.462. The summed E-state index contributed by atoms with van der Waals surface area (Å²) in [6.45, 7) is 4.99. The lowest BCUT2D eigenvalue weighted by molar-refractivity contribution is -0.00829. The Kier molecular flexibility index (Phi) is 7.19. The molecule has 0 spiro atoms. The van der Waals surface area contributed by atoms with Crippen LogP contribution in [0, 0.1) is 12.7 Å². The predicted molar refractivity (Wildman–Crippen MR) is 112 cm³/mol. The number of guanidine groups is 1. The molecule has 29 heavy (non-hydrogen) atoms. The number of rotatable bonds is 5. The summed E-state index contributed by atoms with van der Waals surface area (Å²) in [5.74, 6) is -0.192. The van der Waals surface area contributed by atoms with Crippen molar-refractivity contribution in [3.05, 3.63) is 71.0 Å². The Labute approximate surface area is 170 Å². The highest BCUT2D eigenvalue weighted by Gasteiger charge is 2.25. The van der Waals surface area contributed by atoms with Crippen molar-refractivity contribution in [2.45, 2.75) is 13.0 Å². The van der Waals surface area contributed by atoms with Crippen LogP contribution in [0.3, 0.4) is 0 Å². The first-order valence-electron chi connectivity index (χ1n) is 9.75. The second kappa shape index (κ2) is 10.0. The van der Waals surface area contributed by atoms with Crippen LogP contribution in [0.2, 0.25) is 0 Å². The van der Waals surface area contributed by atoms with E-state index in [1.807, 2.05) is 12.1 Å². The van der Waals surface area contributed by atoms with Crippen LogP contribution in [-0.2, 0) is 4.74 Å². The molecule has 0 aliphatic carbocycles. The van der Waals surface area contributed by atoms with Crippen LogP contribution in [0.4, 0.5) is 4.39 Å². The van der Waals surface area contributed by atoms with Crippen LogP contribution in [0.1, 0.15) is 27.6 Å². The molecular weight excluding hydrogens is 371 g/mol. The maximum atomic E-state index is 13.7. The van der Waals surface area contributed by atoms with Crippen molar-refractivity contribution in [3.63, 3.8) is 0 Å². The summed E-state index contributed by atoms with van der Waals surface area (Å²) < 4.78 is 19.6. The Morgan fingerprint density at radius 3 is 2.66 bits per heavy atom. The van der Waals surface area contributed by atoms with E-state index >= 15 is 0 Å². The average molecular weight is 398 g/mol. The van der Waals surface area contributed by atoms with Gasteiger partial charge in [0.2, 0.25) is 0 Å². The van der Waals surface area contributed by atoms with E-state index in [0.29, 0.717) is 26.2 Å². The van der Waals surface area contributed by atoms with Crippen LogP contribution in [-0.4, -0.2) is 56.6 Å². The molecule has 1 fully saturated rings. The van der Waals surface area contributed by atoms with E-state index in [0.717, 1.165) is 12.5 Å². The van der Waals surface area contributed by atoms with E-state index in [4.69, 9.17) is 4.74 Å². The number of carbonyl (C=O) groups is 1. The number of hydrogen-bond donors (Lipinski definition) is 2. The maximum absolute atomic E-state index is 13.7. The van der Waals surface area contributed by atoms with Crippen molar-refractivity contribution in [2.24, 2.45) is 4.99 Å². The van der Waals surface area contributed by atoms with Gasteiger partial charge in [-0.1, -0.05) is 36.4 Å². The number of amides is 1. The number of ether oxygens (including phenoxy) is 1. The molecule has 2 N–H and O–H groups in total. The Balaban J connectivity index is 1.50. The number of halogens is 1. The molecular formula is C22H27FN4O2. The minimum absolute atomic E-state index is 0.00995. The zero-order valence-electron chi connectivity index (χ0n) is 16.8. The van der Waals surface area contributed by atoms with Gasteiger partial charge in [-0.25, -0.2) is 4.39 Å². The molecule has 0 saturated carbocycles. The Hall–Kier alpha value is -2.93. The Bertz CT molecular complexity index is 871. The van der Waals surface area contributed by atoms with E-state index in [9.17, 15) is 9.18 Å². The molecule has 1 unspecified atom stereocenters. The summed E-state index contributed by atoms with van der Waals surface area (Å²) in [4.78, 5) is 18.6. The highest BCUT2D eigenvalue weighted by molar-refractivity contribution is 5.94. The van der Waals surface area contributed by atoms with Crippen molar-refractivity contribution < 1.29 is 13.9 Å². The van der Waals surface area contributed by atoms with Gasteiger partial charge in [0, 0.05) is 26.7 Å². The fourth-order valence-electron chi connectivity index (χ4n) is 3.40. The highest BCUT2D eigenvalue weighted by atomic mass is 19.1. The Morgan fingerprint density at radius 2 is 1.90 bits per heavy atom. The first kappa shape index (κ1) is 20.8. The van der Waals surface area contributed by atoms with Gasteiger partial charge < -0.3 is 20.3 Å². The van der Waals surface area contributed by atoms with Gasteiger partial charge in [0.05, 0.1) is 18.7 Å². The molecule has 7 heteroatoms. The van der Waals surface area contributed by atoms with Gasteiger partial charge in [-0.05, 0) is 30.2 Å². The molecule has 1 atom stereocenters. The molecule has 154 valence electrons. The first-order chi connectivity index (χ1) is 14.1.